The van der Waals surface area contributed by atoms with Gasteiger partial charge in [-0.25, -0.2) is 0 Å². The SMILES string of the molecule is Cc1ccc(C#N)[c]n1. The van der Waals surface area contributed by atoms with Gasteiger partial charge in [-0.2, -0.15) is 5.26 Å². The topological polar surface area (TPSA) is 36.7 Å². The fourth-order valence-corrected chi connectivity index (χ4v) is 0.489. The van der Waals surface area contributed by atoms with Crippen LogP contribution in [-0.2, 0) is 0 Å². The molecule has 0 aliphatic carbocycles. The minimum atomic E-state index is 0.487. The number of hydrogen-bond acceptors (Lipinski definition) is 2. The van der Waals surface area contributed by atoms with Crippen LogP contribution in [-0.4, -0.2) is 4.98 Å². The molecule has 0 saturated carbocycles. The monoisotopic (exact) mass is 117 g/mol. The maximum absolute atomic E-state index is 8.31. The molecule has 43 valence electrons. The Kier molecular flexibility index (Phi) is 1.46. The predicted octanol–water partition coefficient (Wildman–Crippen LogP) is 1.06. The molecule has 9 heavy (non-hydrogen) atoms. The van der Waals surface area contributed by atoms with E-state index < -0.39 is 0 Å². The Bertz CT molecular complexity index is 230. The second kappa shape index (κ2) is 2.27. The normalized spacial score (nSPS) is 8.44. The molecule has 0 atom stereocenters. The number of rotatable bonds is 0. The highest BCUT2D eigenvalue weighted by atomic mass is 14.7. The van der Waals surface area contributed by atoms with E-state index >= 15 is 0 Å². The number of nitrogens with zero attached hydrogens (tertiary/aromatic N) is 2. The number of pyridine rings is 1. The van der Waals surface area contributed by atoms with Gasteiger partial charge < -0.3 is 0 Å². The summed E-state index contributed by atoms with van der Waals surface area (Å²) in [5, 5.41) is 8.31. The summed E-state index contributed by atoms with van der Waals surface area (Å²) in [5.74, 6) is 0. The Labute approximate surface area is 53.8 Å². The molecule has 2 heteroatoms. The Hall–Kier alpha value is -1.36. The molecule has 0 fully saturated rings. The van der Waals surface area contributed by atoms with Gasteiger partial charge in [-0.1, -0.05) is 0 Å². The molecule has 1 rings (SSSR count). The summed E-state index contributed by atoms with van der Waals surface area (Å²) in [6.07, 6.45) is 2.58. The molecule has 1 aromatic rings. The predicted molar refractivity (Wildman–Crippen MR) is 32.5 cm³/mol. The molecule has 2 nitrogen and oxygen atoms in total. The molecular weight excluding hydrogens is 112 g/mol. The lowest BCUT2D eigenvalue weighted by Gasteiger charge is -1.86. The van der Waals surface area contributed by atoms with Crippen molar-refractivity contribution in [2.75, 3.05) is 0 Å². The van der Waals surface area contributed by atoms with E-state index in [4.69, 9.17) is 5.26 Å². The average Bonchev–Trinajstić information content (AvgIpc) is 1.90. The van der Waals surface area contributed by atoms with Crippen molar-refractivity contribution in [3.8, 4) is 6.07 Å². The Morgan fingerprint density at radius 1 is 1.67 bits per heavy atom. The van der Waals surface area contributed by atoms with Crippen LogP contribution in [0, 0.1) is 24.5 Å². The number of nitriles is 1. The van der Waals surface area contributed by atoms with Crippen LogP contribution in [0.2, 0.25) is 0 Å². The van der Waals surface area contributed by atoms with E-state index in [1.54, 1.807) is 12.1 Å². The molecule has 0 unspecified atom stereocenters. The van der Waals surface area contributed by atoms with E-state index in [9.17, 15) is 0 Å². The van der Waals surface area contributed by atoms with Crippen LogP contribution in [0.15, 0.2) is 12.1 Å². The van der Waals surface area contributed by atoms with Crippen LogP contribution in [0.1, 0.15) is 11.3 Å². The van der Waals surface area contributed by atoms with Crippen molar-refractivity contribution >= 4 is 0 Å². The molecule has 0 aliphatic heterocycles. The molecule has 0 aliphatic rings. The molecule has 0 spiro atoms. The quantitative estimate of drug-likeness (QED) is 0.509. The van der Waals surface area contributed by atoms with Gasteiger partial charge in [0.1, 0.15) is 12.3 Å². The summed E-state index contributed by atoms with van der Waals surface area (Å²) >= 11 is 0. The van der Waals surface area contributed by atoms with Crippen molar-refractivity contribution in [2.24, 2.45) is 0 Å². The maximum Gasteiger partial charge on any atom is 0.108 e. The third-order valence-corrected chi connectivity index (χ3v) is 0.964. The molecular formula is C7H5N2. The lowest BCUT2D eigenvalue weighted by atomic mass is 10.3. The molecule has 0 saturated heterocycles. The fraction of sp³-hybridized carbons (Fsp3) is 0.143. The van der Waals surface area contributed by atoms with Crippen molar-refractivity contribution in [1.29, 1.82) is 5.26 Å². The van der Waals surface area contributed by atoms with Gasteiger partial charge >= 0.3 is 0 Å². The van der Waals surface area contributed by atoms with Crippen molar-refractivity contribution in [1.82, 2.24) is 4.98 Å². The standard InChI is InChI=1S/C7H5N2/c1-6-2-3-7(4-8)5-9-6/h2-3H,1H3. The van der Waals surface area contributed by atoms with Crippen LogP contribution in [0.3, 0.4) is 0 Å². The van der Waals surface area contributed by atoms with Crippen molar-refractivity contribution < 1.29 is 0 Å². The van der Waals surface area contributed by atoms with Gasteiger partial charge in [0.15, 0.2) is 0 Å². The lowest BCUT2D eigenvalue weighted by molar-refractivity contribution is 1.18. The number of hydrogen-bond donors (Lipinski definition) is 0. The first-order chi connectivity index (χ1) is 4.33. The van der Waals surface area contributed by atoms with E-state index in [2.05, 4.69) is 11.2 Å². The summed E-state index contributed by atoms with van der Waals surface area (Å²) < 4.78 is 0. The molecule has 1 radical (unpaired) electrons. The molecule has 1 aromatic heterocycles. The summed E-state index contributed by atoms with van der Waals surface area (Å²) in [6.45, 7) is 1.86. The van der Waals surface area contributed by atoms with Gasteiger partial charge in [-0.15, -0.1) is 0 Å². The highest BCUT2D eigenvalue weighted by molar-refractivity contribution is 5.24. The summed E-state index contributed by atoms with van der Waals surface area (Å²) in [5.41, 5.74) is 1.37. The Morgan fingerprint density at radius 2 is 2.44 bits per heavy atom. The highest BCUT2D eigenvalue weighted by Crippen LogP contribution is 1.94. The molecule has 0 bridgehead atoms. The minimum Gasteiger partial charge on any atom is -0.250 e. The largest absolute Gasteiger partial charge is 0.250 e. The lowest BCUT2D eigenvalue weighted by Crippen LogP contribution is -1.80. The van der Waals surface area contributed by atoms with Gasteiger partial charge in [-0.05, 0) is 19.1 Å². The smallest absolute Gasteiger partial charge is 0.108 e. The third kappa shape index (κ3) is 1.26. The van der Waals surface area contributed by atoms with Crippen LogP contribution < -0.4 is 0 Å². The second-order valence-electron chi connectivity index (χ2n) is 1.72. The molecule has 1 heterocycles. The van der Waals surface area contributed by atoms with Crippen LogP contribution in [0.5, 0.6) is 0 Å². The van der Waals surface area contributed by atoms with Gasteiger partial charge in [0.25, 0.3) is 0 Å². The van der Waals surface area contributed by atoms with E-state index in [1.165, 1.54) is 0 Å². The van der Waals surface area contributed by atoms with E-state index in [0.717, 1.165) is 5.69 Å². The van der Waals surface area contributed by atoms with Crippen LogP contribution >= 0.6 is 0 Å². The zero-order valence-corrected chi connectivity index (χ0v) is 5.05. The van der Waals surface area contributed by atoms with Gasteiger partial charge in [0.2, 0.25) is 0 Å². The van der Waals surface area contributed by atoms with Gasteiger partial charge in [-0.3, -0.25) is 4.98 Å². The minimum absolute atomic E-state index is 0.487. The zero-order valence-electron chi connectivity index (χ0n) is 5.05. The first-order valence-electron chi connectivity index (χ1n) is 2.58. The number of aryl methyl sites for hydroxylation is 1. The van der Waals surface area contributed by atoms with E-state index in [-0.39, 0.29) is 0 Å². The second-order valence-corrected chi connectivity index (χ2v) is 1.72. The summed E-state index contributed by atoms with van der Waals surface area (Å²) in [7, 11) is 0. The van der Waals surface area contributed by atoms with Crippen molar-refractivity contribution in [3.63, 3.8) is 0 Å². The Balaban J connectivity index is 3.06. The van der Waals surface area contributed by atoms with E-state index in [0.29, 0.717) is 5.56 Å². The molecule has 0 N–H and O–H groups in total. The third-order valence-electron chi connectivity index (χ3n) is 0.964. The zero-order chi connectivity index (χ0) is 6.69. The first kappa shape index (κ1) is 5.77. The fourth-order valence-electron chi connectivity index (χ4n) is 0.489. The van der Waals surface area contributed by atoms with Gasteiger partial charge in [0.05, 0.1) is 5.56 Å². The summed E-state index contributed by atoms with van der Waals surface area (Å²) in [4.78, 5) is 3.80. The van der Waals surface area contributed by atoms with Crippen molar-refractivity contribution in [2.45, 2.75) is 6.92 Å². The van der Waals surface area contributed by atoms with Crippen LogP contribution in [0.25, 0.3) is 0 Å². The maximum atomic E-state index is 8.31. The van der Waals surface area contributed by atoms with Crippen LogP contribution in [0.4, 0.5) is 0 Å². The first-order valence-corrected chi connectivity index (χ1v) is 2.58. The highest BCUT2D eigenvalue weighted by Gasteiger charge is 1.87. The van der Waals surface area contributed by atoms with E-state index in [1.807, 2.05) is 13.0 Å². The molecule has 0 aromatic carbocycles. The Morgan fingerprint density at radius 3 is 2.89 bits per heavy atom. The number of aromatic nitrogens is 1. The molecule has 0 amide bonds. The average molecular weight is 117 g/mol. The van der Waals surface area contributed by atoms with Gasteiger partial charge in [0, 0.05) is 5.69 Å². The summed E-state index contributed by atoms with van der Waals surface area (Å²) in [6, 6.07) is 5.42. The van der Waals surface area contributed by atoms with Crippen molar-refractivity contribution in [3.05, 3.63) is 29.6 Å².